The van der Waals surface area contributed by atoms with Crippen molar-refractivity contribution in [3.05, 3.63) is 18.2 Å². The van der Waals surface area contributed by atoms with Gasteiger partial charge in [-0.2, -0.15) is 0 Å². The van der Waals surface area contributed by atoms with E-state index in [1.807, 2.05) is 0 Å². The van der Waals surface area contributed by atoms with Crippen LogP contribution in [0.15, 0.2) is 12.5 Å². The van der Waals surface area contributed by atoms with E-state index >= 15 is 0 Å². The van der Waals surface area contributed by atoms with Crippen LogP contribution in [0.1, 0.15) is 58.1 Å². The van der Waals surface area contributed by atoms with Crippen LogP contribution >= 0.6 is 0 Å². The molecule has 114 valence electrons. The van der Waals surface area contributed by atoms with Gasteiger partial charge >= 0.3 is 5.97 Å². The number of carbonyl (C=O) groups is 1. The van der Waals surface area contributed by atoms with Crippen LogP contribution in [0, 0.1) is 0 Å². The van der Waals surface area contributed by atoms with Crippen molar-refractivity contribution in [1.82, 2.24) is 4.57 Å². The van der Waals surface area contributed by atoms with Gasteiger partial charge in [-0.1, -0.05) is 26.7 Å². The summed E-state index contributed by atoms with van der Waals surface area (Å²) in [5.74, 6) is -0.134. The highest BCUT2D eigenvalue weighted by Gasteiger charge is 2.14. The highest BCUT2D eigenvalue weighted by atomic mass is 16.5. The zero-order chi connectivity index (χ0) is 14.8. The van der Waals surface area contributed by atoms with Crippen molar-refractivity contribution >= 4 is 5.97 Å². The van der Waals surface area contributed by atoms with Crippen LogP contribution in [-0.4, -0.2) is 17.6 Å². The number of unbranched alkanes of at least 4 members (excludes halogenated alkanes) is 3. The first-order chi connectivity index (χ1) is 9.71. The predicted octanol–water partition coefficient (Wildman–Crippen LogP) is 2.87. The van der Waals surface area contributed by atoms with Crippen molar-refractivity contribution in [3.8, 4) is 0 Å². The number of aryl methyl sites for hydroxylation is 3. The Balaban J connectivity index is 2.60. The number of ether oxygens (including phenoxy) is 1. The van der Waals surface area contributed by atoms with Crippen LogP contribution in [0.4, 0.5) is 0 Å². The number of methoxy groups -OCH3 is 1. The molecule has 0 saturated heterocycles. The SMILES string of the molecule is CCCCCCn1c[n+](CCC)cc1CCC(=O)OC. The summed E-state index contributed by atoms with van der Waals surface area (Å²) in [5.41, 5.74) is 1.24. The molecule has 0 aliphatic rings. The molecule has 0 spiro atoms. The standard InChI is InChI=1S/C16H29N2O2/c1-4-6-7-8-12-18-14-17(11-5-2)13-15(18)9-10-16(19)20-3/h13-14H,4-12H2,1-3H3/q+1. The van der Waals surface area contributed by atoms with Crippen LogP contribution in [0.3, 0.4) is 0 Å². The van der Waals surface area contributed by atoms with E-state index in [9.17, 15) is 4.79 Å². The van der Waals surface area contributed by atoms with E-state index in [1.165, 1.54) is 38.5 Å². The molecule has 0 aliphatic heterocycles. The van der Waals surface area contributed by atoms with Crippen molar-refractivity contribution < 1.29 is 14.1 Å². The van der Waals surface area contributed by atoms with Crippen molar-refractivity contribution in [2.45, 2.75) is 71.9 Å². The summed E-state index contributed by atoms with van der Waals surface area (Å²) in [6.45, 7) is 6.49. The van der Waals surface area contributed by atoms with E-state index in [0.717, 1.165) is 25.9 Å². The molecule has 20 heavy (non-hydrogen) atoms. The van der Waals surface area contributed by atoms with Gasteiger partial charge in [-0.15, -0.1) is 0 Å². The second kappa shape index (κ2) is 9.56. The third-order valence-electron chi connectivity index (χ3n) is 3.52. The minimum absolute atomic E-state index is 0.134. The largest absolute Gasteiger partial charge is 0.469 e. The Kier molecular flexibility index (Phi) is 8.00. The molecule has 0 bridgehead atoms. The van der Waals surface area contributed by atoms with Gasteiger partial charge in [0.05, 0.1) is 26.6 Å². The number of rotatable bonds is 10. The zero-order valence-corrected chi connectivity index (χ0v) is 13.2. The number of imidazole rings is 1. The van der Waals surface area contributed by atoms with Crippen LogP contribution in [-0.2, 0) is 29.0 Å². The first kappa shape index (κ1) is 16.7. The lowest BCUT2D eigenvalue weighted by atomic mass is 10.2. The van der Waals surface area contributed by atoms with Gasteiger partial charge in [0.15, 0.2) is 0 Å². The molecule has 0 aromatic carbocycles. The number of hydrogen-bond donors (Lipinski definition) is 0. The Bertz CT molecular complexity index is 399. The molecule has 4 nitrogen and oxygen atoms in total. The Labute approximate surface area is 122 Å². The molecule has 0 unspecified atom stereocenters. The highest BCUT2D eigenvalue weighted by molar-refractivity contribution is 5.69. The van der Waals surface area contributed by atoms with Crippen molar-refractivity contribution in [3.63, 3.8) is 0 Å². The molecule has 1 rings (SSSR count). The lowest BCUT2D eigenvalue weighted by Gasteiger charge is -2.01. The molecule has 0 amide bonds. The summed E-state index contributed by atoms with van der Waals surface area (Å²) in [5, 5.41) is 0. The highest BCUT2D eigenvalue weighted by Crippen LogP contribution is 2.07. The molecule has 0 fully saturated rings. The molecule has 1 aromatic rings. The summed E-state index contributed by atoms with van der Waals surface area (Å²) in [4.78, 5) is 11.3. The van der Waals surface area contributed by atoms with Gasteiger partial charge in [0, 0.05) is 6.42 Å². The maximum Gasteiger partial charge on any atom is 0.305 e. The van der Waals surface area contributed by atoms with Gasteiger partial charge in [-0.3, -0.25) is 4.79 Å². The van der Waals surface area contributed by atoms with E-state index in [1.54, 1.807) is 0 Å². The molecule has 0 saturated carbocycles. The van der Waals surface area contributed by atoms with E-state index in [0.29, 0.717) is 6.42 Å². The second-order valence-corrected chi connectivity index (χ2v) is 5.30. The Morgan fingerprint density at radius 2 is 2.05 bits per heavy atom. The summed E-state index contributed by atoms with van der Waals surface area (Å²) >= 11 is 0. The molecular formula is C16H29N2O2+. The Morgan fingerprint density at radius 3 is 2.70 bits per heavy atom. The van der Waals surface area contributed by atoms with Gasteiger partial charge in [0.25, 0.3) is 0 Å². The number of carbonyl (C=O) groups excluding carboxylic acids is 1. The molecule has 4 heteroatoms. The maximum absolute atomic E-state index is 11.3. The number of nitrogens with zero attached hydrogens (tertiary/aromatic N) is 2. The van der Waals surface area contributed by atoms with Gasteiger partial charge in [0.1, 0.15) is 11.9 Å². The van der Waals surface area contributed by atoms with Gasteiger partial charge in [-0.25, -0.2) is 9.13 Å². The lowest BCUT2D eigenvalue weighted by Crippen LogP contribution is -2.30. The minimum Gasteiger partial charge on any atom is -0.469 e. The van der Waals surface area contributed by atoms with Gasteiger partial charge in [0.2, 0.25) is 6.33 Å². The topological polar surface area (TPSA) is 35.1 Å². The fraction of sp³-hybridized carbons (Fsp3) is 0.750. The number of esters is 1. The average molecular weight is 281 g/mol. The van der Waals surface area contributed by atoms with E-state index in [-0.39, 0.29) is 5.97 Å². The van der Waals surface area contributed by atoms with Crippen LogP contribution in [0.2, 0.25) is 0 Å². The van der Waals surface area contributed by atoms with Crippen LogP contribution in [0.25, 0.3) is 0 Å². The third-order valence-corrected chi connectivity index (χ3v) is 3.52. The quantitative estimate of drug-likeness (QED) is 0.375. The normalized spacial score (nSPS) is 10.8. The molecule has 0 N–H and O–H groups in total. The fourth-order valence-electron chi connectivity index (χ4n) is 2.38. The smallest absolute Gasteiger partial charge is 0.305 e. The van der Waals surface area contributed by atoms with Crippen LogP contribution in [0.5, 0.6) is 0 Å². The molecule has 1 aromatic heterocycles. The zero-order valence-electron chi connectivity index (χ0n) is 13.2. The van der Waals surface area contributed by atoms with Crippen LogP contribution < -0.4 is 4.57 Å². The summed E-state index contributed by atoms with van der Waals surface area (Å²) < 4.78 is 9.25. The van der Waals surface area contributed by atoms with E-state index in [2.05, 4.69) is 35.5 Å². The molecule has 0 radical (unpaired) electrons. The van der Waals surface area contributed by atoms with E-state index < -0.39 is 0 Å². The van der Waals surface area contributed by atoms with Crippen molar-refractivity contribution in [2.75, 3.05) is 7.11 Å². The number of aromatic nitrogens is 2. The first-order valence-electron chi connectivity index (χ1n) is 7.86. The number of hydrogen-bond acceptors (Lipinski definition) is 2. The molecule has 1 heterocycles. The van der Waals surface area contributed by atoms with E-state index in [4.69, 9.17) is 4.74 Å². The monoisotopic (exact) mass is 281 g/mol. The minimum atomic E-state index is -0.134. The maximum atomic E-state index is 11.3. The molecule has 0 aliphatic carbocycles. The summed E-state index contributed by atoms with van der Waals surface area (Å²) in [7, 11) is 1.45. The lowest BCUT2D eigenvalue weighted by molar-refractivity contribution is -0.696. The summed E-state index contributed by atoms with van der Waals surface area (Å²) in [6, 6.07) is 0. The van der Waals surface area contributed by atoms with Crippen molar-refractivity contribution in [2.24, 2.45) is 0 Å². The fourth-order valence-corrected chi connectivity index (χ4v) is 2.38. The average Bonchev–Trinajstić information content (AvgIpc) is 2.83. The predicted molar refractivity (Wildman–Crippen MR) is 79.4 cm³/mol. The Hall–Kier alpha value is -1.32. The third kappa shape index (κ3) is 5.76. The van der Waals surface area contributed by atoms with Gasteiger partial charge in [-0.05, 0) is 19.3 Å². The summed E-state index contributed by atoms with van der Waals surface area (Å²) in [6.07, 6.45) is 11.7. The second-order valence-electron chi connectivity index (χ2n) is 5.30. The first-order valence-corrected chi connectivity index (χ1v) is 7.86. The molecular weight excluding hydrogens is 252 g/mol. The van der Waals surface area contributed by atoms with Gasteiger partial charge < -0.3 is 4.74 Å². The van der Waals surface area contributed by atoms with Crippen molar-refractivity contribution in [1.29, 1.82) is 0 Å². The Morgan fingerprint density at radius 1 is 1.25 bits per heavy atom. The molecule has 0 atom stereocenters.